The van der Waals surface area contributed by atoms with E-state index in [1.807, 2.05) is 0 Å². The van der Waals surface area contributed by atoms with Crippen molar-refractivity contribution in [1.82, 2.24) is 10.2 Å². The first-order valence-corrected chi connectivity index (χ1v) is 7.42. The van der Waals surface area contributed by atoms with Crippen molar-refractivity contribution in [3.8, 4) is 0 Å². The minimum Gasteiger partial charge on any atom is -0.481 e. The van der Waals surface area contributed by atoms with Gasteiger partial charge < -0.3 is 20.1 Å². The number of amides is 2. The van der Waals surface area contributed by atoms with Crippen LogP contribution in [0.15, 0.2) is 0 Å². The number of ether oxygens (including phenoxy) is 1. The van der Waals surface area contributed by atoms with Crippen LogP contribution in [-0.2, 0) is 9.53 Å². The van der Waals surface area contributed by atoms with Crippen LogP contribution in [0.25, 0.3) is 0 Å². The summed E-state index contributed by atoms with van der Waals surface area (Å²) >= 11 is 0. The smallest absolute Gasteiger partial charge is 0.317 e. The van der Waals surface area contributed by atoms with Gasteiger partial charge in [-0.05, 0) is 37.5 Å². The van der Waals surface area contributed by atoms with Gasteiger partial charge >= 0.3 is 12.0 Å². The Labute approximate surface area is 118 Å². The van der Waals surface area contributed by atoms with Gasteiger partial charge in [-0.3, -0.25) is 4.79 Å². The molecule has 3 aliphatic rings. The number of nitrogens with zero attached hydrogens (tertiary/aromatic N) is 1. The van der Waals surface area contributed by atoms with Gasteiger partial charge in [0.2, 0.25) is 0 Å². The van der Waals surface area contributed by atoms with Crippen molar-refractivity contribution in [1.29, 1.82) is 0 Å². The lowest BCUT2D eigenvalue weighted by molar-refractivity contribution is -0.144. The third kappa shape index (κ3) is 2.26. The predicted octanol–water partition coefficient (Wildman–Crippen LogP) is 0.916. The molecule has 0 spiro atoms. The number of hydrogen-bond acceptors (Lipinski definition) is 3. The van der Waals surface area contributed by atoms with E-state index in [0.717, 1.165) is 25.7 Å². The first-order valence-electron chi connectivity index (χ1n) is 7.42. The van der Waals surface area contributed by atoms with E-state index in [2.05, 4.69) is 5.32 Å². The lowest BCUT2D eigenvalue weighted by atomic mass is 9.84. The fraction of sp³-hybridized carbons (Fsp3) is 0.857. The summed E-state index contributed by atoms with van der Waals surface area (Å²) in [6.45, 7) is 1.26. The highest BCUT2D eigenvalue weighted by Crippen LogP contribution is 2.48. The summed E-state index contributed by atoms with van der Waals surface area (Å²) < 4.78 is 5.29. The average molecular weight is 282 g/mol. The molecule has 6 nitrogen and oxygen atoms in total. The van der Waals surface area contributed by atoms with Crippen LogP contribution in [0, 0.1) is 17.8 Å². The van der Waals surface area contributed by atoms with E-state index in [1.165, 1.54) is 0 Å². The molecule has 5 atom stereocenters. The van der Waals surface area contributed by atoms with E-state index in [9.17, 15) is 14.7 Å². The van der Waals surface area contributed by atoms with Crippen molar-refractivity contribution in [2.24, 2.45) is 17.8 Å². The van der Waals surface area contributed by atoms with Gasteiger partial charge in [-0.25, -0.2) is 4.79 Å². The molecular formula is C14H22N2O4. The van der Waals surface area contributed by atoms with Gasteiger partial charge in [0.25, 0.3) is 0 Å². The molecule has 0 radical (unpaired) electrons. The van der Waals surface area contributed by atoms with E-state index >= 15 is 0 Å². The Hall–Kier alpha value is -1.30. The molecule has 3 rings (SSSR count). The second kappa shape index (κ2) is 5.24. The minimum atomic E-state index is -0.769. The van der Waals surface area contributed by atoms with Crippen LogP contribution in [0.1, 0.15) is 25.7 Å². The van der Waals surface area contributed by atoms with Crippen LogP contribution < -0.4 is 5.32 Å². The zero-order chi connectivity index (χ0) is 14.3. The molecule has 0 aromatic carbocycles. The van der Waals surface area contributed by atoms with Gasteiger partial charge in [0.05, 0.1) is 18.6 Å². The maximum absolute atomic E-state index is 12.3. The standard InChI is InChI=1S/C14H22N2O4/c1-16(10-4-5-20-7-10)14(19)15-12-9-3-2-8(6-9)11(12)13(17)18/h8-12H,2-7H2,1H3,(H,15,19)(H,17,18). The van der Waals surface area contributed by atoms with Gasteiger partial charge in [-0.1, -0.05) is 0 Å². The molecule has 5 unspecified atom stereocenters. The van der Waals surface area contributed by atoms with Crippen molar-refractivity contribution >= 4 is 12.0 Å². The third-order valence-corrected chi connectivity index (χ3v) is 5.27. The maximum atomic E-state index is 12.3. The summed E-state index contributed by atoms with van der Waals surface area (Å²) in [7, 11) is 1.76. The van der Waals surface area contributed by atoms with E-state index in [-0.39, 0.29) is 24.0 Å². The molecule has 2 aliphatic carbocycles. The monoisotopic (exact) mass is 282 g/mol. The number of likely N-dealkylation sites (N-methyl/N-ethyl adjacent to an activating group) is 1. The van der Waals surface area contributed by atoms with Crippen molar-refractivity contribution in [2.45, 2.75) is 37.8 Å². The Balaban J connectivity index is 1.64. The number of carboxylic acids is 1. The van der Waals surface area contributed by atoms with Crippen LogP contribution in [0.5, 0.6) is 0 Å². The Morgan fingerprint density at radius 2 is 2.00 bits per heavy atom. The van der Waals surface area contributed by atoms with Crippen LogP contribution in [0.3, 0.4) is 0 Å². The number of carboxylic acid groups (broad SMARTS) is 1. The normalized spacial score (nSPS) is 39.0. The predicted molar refractivity (Wildman–Crippen MR) is 71.3 cm³/mol. The molecular weight excluding hydrogens is 260 g/mol. The highest BCUT2D eigenvalue weighted by molar-refractivity contribution is 5.77. The van der Waals surface area contributed by atoms with E-state index in [1.54, 1.807) is 11.9 Å². The van der Waals surface area contributed by atoms with Gasteiger partial charge in [-0.15, -0.1) is 0 Å². The Morgan fingerprint density at radius 3 is 2.65 bits per heavy atom. The number of carbonyl (C=O) groups excluding carboxylic acids is 1. The molecule has 1 saturated heterocycles. The van der Waals surface area contributed by atoms with Gasteiger partial charge in [0, 0.05) is 19.7 Å². The average Bonchev–Trinajstić information content (AvgIpc) is 3.13. The molecule has 2 bridgehead atoms. The van der Waals surface area contributed by atoms with E-state index in [0.29, 0.717) is 19.1 Å². The van der Waals surface area contributed by atoms with Crippen molar-refractivity contribution < 1.29 is 19.4 Å². The molecule has 1 aliphatic heterocycles. The van der Waals surface area contributed by atoms with Crippen LogP contribution in [0.4, 0.5) is 4.79 Å². The number of aliphatic carboxylic acids is 1. The van der Waals surface area contributed by atoms with E-state index in [4.69, 9.17) is 4.74 Å². The summed E-state index contributed by atoms with van der Waals surface area (Å²) in [6.07, 6.45) is 3.82. The summed E-state index contributed by atoms with van der Waals surface area (Å²) in [5.74, 6) is -0.610. The van der Waals surface area contributed by atoms with Gasteiger partial charge in [0.1, 0.15) is 0 Å². The largest absolute Gasteiger partial charge is 0.481 e. The molecule has 2 saturated carbocycles. The number of hydrogen-bond donors (Lipinski definition) is 2. The molecule has 0 aromatic rings. The quantitative estimate of drug-likeness (QED) is 0.806. The van der Waals surface area contributed by atoms with Crippen LogP contribution >= 0.6 is 0 Å². The second-order valence-corrected chi connectivity index (χ2v) is 6.30. The summed E-state index contributed by atoms with van der Waals surface area (Å²) in [5, 5.41) is 12.4. The Kier molecular flexibility index (Phi) is 3.58. The topological polar surface area (TPSA) is 78.9 Å². The molecule has 3 fully saturated rings. The number of carbonyl (C=O) groups is 2. The zero-order valence-corrected chi connectivity index (χ0v) is 11.7. The third-order valence-electron chi connectivity index (χ3n) is 5.27. The first-order chi connectivity index (χ1) is 9.58. The first kappa shape index (κ1) is 13.7. The Bertz CT molecular complexity index is 408. The summed E-state index contributed by atoms with van der Waals surface area (Å²) in [5.41, 5.74) is 0. The summed E-state index contributed by atoms with van der Waals surface area (Å²) in [6, 6.07) is -0.260. The molecule has 2 amide bonds. The lowest BCUT2D eigenvalue weighted by Crippen LogP contribution is -2.52. The number of urea groups is 1. The van der Waals surface area contributed by atoms with Crippen LogP contribution in [0.2, 0.25) is 0 Å². The van der Waals surface area contributed by atoms with Crippen molar-refractivity contribution in [2.75, 3.05) is 20.3 Å². The fourth-order valence-electron chi connectivity index (χ4n) is 4.09. The minimum absolute atomic E-state index is 0.108. The van der Waals surface area contributed by atoms with E-state index < -0.39 is 11.9 Å². The van der Waals surface area contributed by atoms with Crippen molar-refractivity contribution in [3.05, 3.63) is 0 Å². The zero-order valence-electron chi connectivity index (χ0n) is 11.7. The number of fused-ring (bicyclic) bond motifs is 2. The highest BCUT2D eigenvalue weighted by atomic mass is 16.5. The fourth-order valence-corrected chi connectivity index (χ4v) is 4.09. The van der Waals surface area contributed by atoms with Crippen LogP contribution in [-0.4, -0.2) is 54.4 Å². The van der Waals surface area contributed by atoms with Crippen molar-refractivity contribution in [3.63, 3.8) is 0 Å². The Morgan fingerprint density at radius 1 is 1.25 bits per heavy atom. The lowest BCUT2D eigenvalue weighted by Gasteiger charge is -2.32. The molecule has 112 valence electrons. The summed E-state index contributed by atoms with van der Waals surface area (Å²) in [4.78, 5) is 25.4. The molecule has 0 aromatic heterocycles. The van der Waals surface area contributed by atoms with Gasteiger partial charge in [-0.2, -0.15) is 0 Å². The number of nitrogens with one attached hydrogen (secondary N) is 1. The molecule has 1 heterocycles. The van der Waals surface area contributed by atoms with Gasteiger partial charge in [0.15, 0.2) is 0 Å². The molecule has 2 N–H and O–H groups in total. The molecule has 6 heteroatoms. The number of rotatable bonds is 3. The second-order valence-electron chi connectivity index (χ2n) is 6.30. The maximum Gasteiger partial charge on any atom is 0.317 e. The molecule has 20 heavy (non-hydrogen) atoms. The highest BCUT2D eigenvalue weighted by Gasteiger charge is 2.51. The SMILES string of the molecule is CN(C(=O)NC1C2CCC(C2)C1C(=O)O)C1CCOC1.